The van der Waals surface area contributed by atoms with Crippen molar-refractivity contribution in [2.45, 2.75) is 13.0 Å². The second-order valence-corrected chi connectivity index (χ2v) is 3.95. The number of halogens is 1. The minimum Gasteiger partial charge on any atom is -0.445 e. The topological polar surface area (TPSA) is 81.5 Å². The Morgan fingerprint density at radius 1 is 1.65 bits per heavy atom. The van der Waals surface area contributed by atoms with E-state index < -0.39 is 11.0 Å². The van der Waals surface area contributed by atoms with Crippen LogP contribution in [0.3, 0.4) is 0 Å². The van der Waals surface area contributed by atoms with Crippen LogP contribution < -0.4 is 5.32 Å². The monoisotopic (exact) mass is 302 g/mol. The van der Waals surface area contributed by atoms with E-state index in [1.54, 1.807) is 13.0 Å². The number of hydrogen-bond donors (Lipinski definition) is 1. The lowest BCUT2D eigenvalue weighted by molar-refractivity contribution is -0.384. The fraction of sp³-hybridized carbons (Fsp3) is 0.300. The Morgan fingerprint density at radius 3 is 2.94 bits per heavy atom. The Morgan fingerprint density at radius 2 is 2.35 bits per heavy atom. The Hall–Kier alpha value is -1.63. The van der Waals surface area contributed by atoms with Gasteiger partial charge in [0, 0.05) is 17.5 Å². The van der Waals surface area contributed by atoms with Gasteiger partial charge >= 0.3 is 6.09 Å². The van der Waals surface area contributed by atoms with Crippen LogP contribution in [-0.2, 0) is 4.74 Å². The Balaban J connectivity index is 2.65. The summed E-state index contributed by atoms with van der Waals surface area (Å²) in [5.41, 5.74) is 0.238. The standard InChI is InChI=1S/C10H11BrN2O4/c1-7(6-11)17-10(14)12-8-3-2-4-9(5-8)13(15)16/h2-5,7H,6H2,1H3,(H,12,14). The van der Waals surface area contributed by atoms with Crippen LogP contribution in [0, 0.1) is 10.1 Å². The van der Waals surface area contributed by atoms with Crippen molar-refractivity contribution in [1.82, 2.24) is 0 Å². The van der Waals surface area contributed by atoms with Crippen molar-refractivity contribution >= 4 is 33.4 Å². The van der Waals surface area contributed by atoms with Crippen LogP contribution >= 0.6 is 15.9 Å². The largest absolute Gasteiger partial charge is 0.445 e. The van der Waals surface area contributed by atoms with E-state index in [1.807, 2.05) is 0 Å². The predicted molar refractivity (Wildman–Crippen MR) is 66.5 cm³/mol. The summed E-state index contributed by atoms with van der Waals surface area (Å²) in [6.07, 6.45) is -0.911. The molecule has 7 heteroatoms. The number of anilines is 1. The molecule has 1 aromatic rings. The third kappa shape index (κ3) is 4.39. The zero-order chi connectivity index (χ0) is 12.8. The number of nitro groups is 1. The first-order valence-corrected chi connectivity index (χ1v) is 5.93. The van der Waals surface area contributed by atoms with Gasteiger partial charge in [0.25, 0.3) is 5.69 Å². The first kappa shape index (κ1) is 13.4. The molecule has 0 radical (unpaired) electrons. The summed E-state index contributed by atoms with van der Waals surface area (Å²) in [6, 6.07) is 5.65. The number of amides is 1. The molecule has 1 amide bonds. The SMILES string of the molecule is CC(CBr)OC(=O)Nc1cccc([N+](=O)[O-])c1. The number of alkyl halides is 1. The van der Waals surface area contributed by atoms with Gasteiger partial charge in [-0.25, -0.2) is 4.79 Å². The number of benzene rings is 1. The Kier molecular flexibility index (Phi) is 4.89. The fourth-order valence-electron chi connectivity index (χ4n) is 1.06. The van der Waals surface area contributed by atoms with Crippen molar-refractivity contribution in [3.8, 4) is 0 Å². The van der Waals surface area contributed by atoms with E-state index in [0.717, 1.165) is 0 Å². The highest BCUT2D eigenvalue weighted by molar-refractivity contribution is 9.09. The maximum atomic E-state index is 11.3. The summed E-state index contributed by atoms with van der Waals surface area (Å²) >= 11 is 3.17. The number of nitrogens with zero attached hydrogens (tertiary/aromatic N) is 1. The highest BCUT2D eigenvalue weighted by atomic mass is 79.9. The molecule has 1 atom stereocenters. The van der Waals surface area contributed by atoms with Gasteiger partial charge in [0.15, 0.2) is 0 Å². The molecule has 0 aliphatic rings. The van der Waals surface area contributed by atoms with Gasteiger partial charge in [0.05, 0.1) is 10.6 Å². The maximum Gasteiger partial charge on any atom is 0.411 e. The summed E-state index contributed by atoms with van der Waals surface area (Å²) in [5, 5.41) is 13.5. The van der Waals surface area contributed by atoms with Crippen molar-refractivity contribution in [2.24, 2.45) is 0 Å². The van der Waals surface area contributed by atoms with Crippen molar-refractivity contribution in [1.29, 1.82) is 0 Å². The molecule has 1 aromatic carbocycles. The molecule has 0 fully saturated rings. The molecule has 92 valence electrons. The van der Waals surface area contributed by atoms with Gasteiger partial charge in [-0.1, -0.05) is 22.0 Å². The average molecular weight is 303 g/mol. The van der Waals surface area contributed by atoms with Crippen molar-refractivity contribution < 1.29 is 14.5 Å². The minimum absolute atomic E-state index is 0.0867. The first-order chi connectivity index (χ1) is 8.02. The van der Waals surface area contributed by atoms with E-state index in [9.17, 15) is 14.9 Å². The number of nitrogens with one attached hydrogen (secondary N) is 1. The second kappa shape index (κ2) is 6.19. The average Bonchev–Trinajstić information content (AvgIpc) is 2.28. The number of hydrogen-bond acceptors (Lipinski definition) is 4. The van der Waals surface area contributed by atoms with Gasteiger partial charge in [-0.2, -0.15) is 0 Å². The zero-order valence-electron chi connectivity index (χ0n) is 9.05. The third-order valence-electron chi connectivity index (χ3n) is 1.83. The fourth-order valence-corrected chi connectivity index (χ4v) is 1.19. The van der Waals surface area contributed by atoms with Gasteiger partial charge in [-0.3, -0.25) is 15.4 Å². The lowest BCUT2D eigenvalue weighted by Crippen LogP contribution is -2.21. The number of carbonyl (C=O) groups is 1. The minimum atomic E-state index is -0.641. The van der Waals surface area contributed by atoms with E-state index in [-0.39, 0.29) is 11.8 Å². The number of rotatable bonds is 4. The van der Waals surface area contributed by atoms with E-state index in [2.05, 4.69) is 21.2 Å². The third-order valence-corrected chi connectivity index (χ3v) is 2.74. The van der Waals surface area contributed by atoms with Crippen LogP contribution in [0.25, 0.3) is 0 Å². The first-order valence-electron chi connectivity index (χ1n) is 4.81. The van der Waals surface area contributed by atoms with Crippen molar-refractivity contribution in [3.05, 3.63) is 34.4 Å². The van der Waals surface area contributed by atoms with Crippen molar-refractivity contribution in [2.75, 3.05) is 10.6 Å². The van der Waals surface area contributed by atoms with E-state index in [1.165, 1.54) is 18.2 Å². The molecule has 0 aliphatic carbocycles. The molecular formula is C10H11BrN2O4. The summed E-state index contributed by atoms with van der Waals surface area (Å²) < 4.78 is 4.94. The molecule has 0 heterocycles. The Labute approximate surface area is 106 Å². The summed E-state index contributed by atoms with van der Waals surface area (Å²) in [6.45, 7) is 1.72. The molecule has 1 N–H and O–H groups in total. The van der Waals surface area contributed by atoms with Gasteiger partial charge in [0.2, 0.25) is 0 Å². The molecule has 0 aliphatic heterocycles. The highest BCUT2D eigenvalue weighted by Crippen LogP contribution is 2.17. The molecule has 1 unspecified atom stereocenters. The summed E-state index contributed by atoms with van der Waals surface area (Å²) in [5.74, 6) is 0. The predicted octanol–water partition coefficient (Wildman–Crippen LogP) is 2.93. The number of carbonyl (C=O) groups excluding carboxylic acids is 1. The molecule has 0 saturated carbocycles. The van der Waals surface area contributed by atoms with E-state index in [0.29, 0.717) is 11.0 Å². The molecule has 0 bridgehead atoms. The number of non-ortho nitro benzene ring substituents is 1. The quantitative estimate of drug-likeness (QED) is 0.527. The van der Waals surface area contributed by atoms with E-state index >= 15 is 0 Å². The van der Waals surface area contributed by atoms with Crippen LogP contribution in [0.1, 0.15) is 6.92 Å². The van der Waals surface area contributed by atoms with Crippen LogP contribution in [0.15, 0.2) is 24.3 Å². The molecule has 6 nitrogen and oxygen atoms in total. The van der Waals surface area contributed by atoms with Gasteiger partial charge in [-0.15, -0.1) is 0 Å². The number of nitro benzene ring substituents is 1. The second-order valence-electron chi connectivity index (χ2n) is 3.30. The highest BCUT2D eigenvalue weighted by Gasteiger charge is 2.10. The maximum absolute atomic E-state index is 11.3. The molecular weight excluding hydrogens is 292 g/mol. The lowest BCUT2D eigenvalue weighted by Gasteiger charge is -2.10. The van der Waals surface area contributed by atoms with Gasteiger partial charge in [-0.05, 0) is 13.0 Å². The Bertz CT molecular complexity index is 425. The van der Waals surface area contributed by atoms with Gasteiger partial charge in [0.1, 0.15) is 6.10 Å². The molecule has 0 saturated heterocycles. The lowest BCUT2D eigenvalue weighted by atomic mass is 10.3. The summed E-state index contributed by atoms with van der Waals surface area (Å²) in [7, 11) is 0. The molecule has 0 spiro atoms. The number of ether oxygens (including phenoxy) is 1. The van der Waals surface area contributed by atoms with E-state index in [4.69, 9.17) is 4.74 Å². The van der Waals surface area contributed by atoms with Crippen molar-refractivity contribution in [3.63, 3.8) is 0 Å². The van der Waals surface area contributed by atoms with Gasteiger partial charge < -0.3 is 4.74 Å². The van der Waals surface area contributed by atoms with Crippen LogP contribution in [0.5, 0.6) is 0 Å². The normalized spacial score (nSPS) is 11.6. The van der Waals surface area contributed by atoms with Crippen LogP contribution in [0.4, 0.5) is 16.2 Å². The smallest absolute Gasteiger partial charge is 0.411 e. The van der Waals surface area contributed by atoms with Crippen LogP contribution in [-0.4, -0.2) is 22.5 Å². The summed E-state index contributed by atoms with van der Waals surface area (Å²) in [4.78, 5) is 21.3. The zero-order valence-corrected chi connectivity index (χ0v) is 10.6. The van der Waals surface area contributed by atoms with Crippen LogP contribution in [0.2, 0.25) is 0 Å². The molecule has 17 heavy (non-hydrogen) atoms. The molecule has 1 rings (SSSR count). The molecule has 0 aromatic heterocycles.